The van der Waals surface area contributed by atoms with Gasteiger partial charge in [0.2, 0.25) is 0 Å². The fourth-order valence-electron chi connectivity index (χ4n) is 1.43. The van der Waals surface area contributed by atoms with E-state index >= 15 is 0 Å². The Hall–Kier alpha value is -2.20. The molecule has 0 aliphatic rings. The summed E-state index contributed by atoms with van der Waals surface area (Å²) in [6.45, 7) is 0.990. The standard InChI is InChI=1S/C14H15NO3/c15-9-10-17-12-5-7-14(8-6-12)18-13-3-1-11(16)2-4-13/h1-8,16H,9-10,15H2. The number of nitrogens with two attached hydrogens (primary N) is 1. The van der Waals surface area contributed by atoms with Gasteiger partial charge in [-0.1, -0.05) is 0 Å². The van der Waals surface area contributed by atoms with Gasteiger partial charge in [-0.2, -0.15) is 0 Å². The Morgan fingerprint density at radius 1 is 0.833 bits per heavy atom. The summed E-state index contributed by atoms with van der Waals surface area (Å²) in [5, 5.41) is 9.16. The Morgan fingerprint density at radius 3 is 1.89 bits per heavy atom. The monoisotopic (exact) mass is 245 g/mol. The molecule has 0 heterocycles. The molecular formula is C14H15NO3. The molecule has 0 spiro atoms. The van der Waals surface area contributed by atoms with Gasteiger partial charge in [0.25, 0.3) is 0 Å². The molecule has 0 fully saturated rings. The fraction of sp³-hybridized carbons (Fsp3) is 0.143. The number of aromatic hydroxyl groups is 1. The van der Waals surface area contributed by atoms with Crippen LogP contribution in [0.3, 0.4) is 0 Å². The van der Waals surface area contributed by atoms with Crippen LogP contribution in [-0.4, -0.2) is 18.3 Å². The molecule has 0 aliphatic heterocycles. The van der Waals surface area contributed by atoms with Crippen LogP contribution in [0.15, 0.2) is 48.5 Å². The third-order valence-corrected chi connectivity index (χ3v) is 2.28. The molecule has 0 amide bonds. The van der Waals surface area contributed by atoms with Crippen LogP contribution in [0.2, 0.25) is 0 Å². The molecule has 4 nitrogen and oxygen atoms in total. The molecule has 0 atom stereocenters. The normalized spacial score (nSPS) is 10.1. The molecule has 94 valence electrons. The minimum absolute atomic E-state index is 0.216. The second kappa shape index (κ2) is 5.93. The SMILES string of the molecule is NCCOc1ccc(Oc2ccc(O)cc2)cc1. The van der Waals surface area contributed by atoms with Crippen molar-refractivity contribution in [3.63, 3.8) is 0 Å². The highest BCUT2D eigenvalue weighted by Gasteiger charge is 1.98. The lowest BCUT2D eigenvalue weighted by Crippen LogP contribution is -2.10. The highest BCUT2D eigenvalue weighted by molar-refractivity contribution is 5.37. The molecule has 4 heteroatoms. The summed E-state index contributed by atoms with van der Waals surface area (Å²) in [7, 11) is 0. The summed E-state index contributed by atoms with van der Waals surface area (Å²) in [6, 6.07) is 13.8. The summed E-state index contributed by atoms with van der Waals surface area (Å²) < 4.78 is 11.0. The number of phenolic OH excluding ortho intramolecular Hbond substituents is 1. The van der Waals surface area contributed by atoms with Crippen molar-refractivity contribution in [1.29, 1.82) is 0 Å². The Labute approximate surface area is 106 Å². The third-order valence-electron chi connectivity index (χ3n) is 2.28. The number of ether oxygens (including phenoxy) is 2. The van der Waals surface area contributed by atoms with E-state index in [0.29, 0.717) is 24.7 Å². The summed E-state index contributed by atoms with van der Waals surface area (Å²) in [4.78, 5) is 0. The summed E-state index contributed by atoms with van der Waals surface area (Å²) in [5.41, 5.74) is 5.35. The Balaban J connectivity index is 1.99. The summed E-state index contributed by atoms with van der Waals surface area (Å²) in [6.07, 6.45) is 0. The highest BCUT2D eigenvalue weighted by Crippen LogP contribution is 2.25. The average molecular weight is 245 g/mol. The number of hydrogen-bond donors (Lipinski definition) is 2. The maximum Gasteiger partial charge on any atom is 0.127 e. The van der Waals surface area contributed by atoms with Crippen LogP contribution < -0.4 is 15.2 Å². The summed E-state index contributed by atoms with van der Waals surface area (Å²) in [5.74, 6) is 2.36. The zero-order valence-electron chi connectivity index (χ0n) is 9.87. The fourth-order valence-corrected chi connectivity index (χ4v) is 1.43. The van der Waals surface area contributed by atoms with Crippen LogP contribution in [0.25, 0.3) is 0 Å². The van der Waals surface area contributed by atoms with Crippen molar-refractivity contribution in [3.05, 3.63) is 48.5 Å². The van der Waals surface area contributed by atoms with Crippen molar-refractivity contribution in [2.45, 2.75) is 0 Å². The van der Waals surface area contributed by atoms with E-state index in [2.05, 4.69) is 0 Å². The van der Waals surface area contributed by atoms with E-state index in [0.717, 1.165) is 5.75 Å². The third kappa shape index (κ3) is 3.40. The van der Waals surface area contributed by atoms with Gasteiger partial charge in [-0.3, -0.25) is 0 Å². The molecule has 0 aromatic heterocycles. The van der Waals surface area contributed by atoms with Gasteiger partial charge in [0, 0.05) is 6.54 Å². The van der Waals surface area contributed by atoms with E-state index < -0.39 is 0 Å². The quantitative estimate of drug-likeness (QED) is 0.849. The van der Waals surface area contributed by atoms with Crippen LogP contribution in [0.1, 0.15) is 0 Å². The van der Waals surface area contributed by atoms with Gasteiger partial charge >= 0.3 is 0 Å². The molecule has 0 radical (unpaired) electrons. The van der Waals surface area contributed by atoms with Crippen LogP contribution in [0, 0.1) is 0 Å². The van der Waals surface area contributed by atoms with E-state index in [1.807, 2.05) is 24.3 Å². The second-order valence-corrected chi connectivity index (χ2v) is 3.70. The Bertz CT molecular complexity index is 479. The van der Waals surface area contributed by atoms with E-state index in [1.54, 1.807) is 24.3 Å². The van der Waals surface area contributed by atoms with Crippen molar-refractivity contribution in [3.8, 4) is 23.0 Å². The molecule has 0 saturated carbocycles. The van der Waals surface area contributed by atoms with Crippen molar-refractivity contribution < 1.29 is 14.6 Å². The van der Waals surface area contributed by atoms with Crippen molar-refractivity contribution in [2.24, 2.45) is 5.73 Å². The van der Waals surface area contributed by atoms with E-state index in [9.17, 15) is 0 Å². The number of phenols is 1. The maximum atomic E-state index is 9.16. The van der Waals surface area contributed by atoms with E-state index in [-0.39, 0.29) is 5.75 Å². The molecule has 0 unspecified atom stereocenters. The predicted molar refractivity (Wildman–Crippen MR) is 69.2 cm³/mol. The van der Waals surface area contributed by atoms with Crippen LogP contribution in [0.5, 0.6) is 23.0 Å². The molecule has 2 aromatic rings. The topological polar surface area (TPSA) is 64.7 Å². The predicted octanol–water partition coefficient (Wildman–Crippen LogP) is 2.52. The zero-order valence-corrected chi connectivity index (χ0v) is 9.87. The minimum atomic E-state index is 0.216. The number of hydrogen-bond acceptors (Lipinski definition) is 4. The first-order valence-electron chi connectivity index (χ1n) is 5.68. The van der Waals surface area contributed by atoms with Crippen molar-refractivity contribution >= 4 is 0 Å². The van der Waals surface area contributed by atoms with Gasteiger partial charge in [-0.05, 0) is 48.5 Å². The first kappa shape index (κ1) is 12.3. The molecule has 0 saturated heterocycles. The van der Waals surface area contributed by atoms with Gasteiger partial charge in [-0.25, -0.2) is 0 Å². The van der Waals surface area contributed by atoms with E-state index in [4.69, 9.17) is 20.3 Å². The molecule has 0 bridgehead atoms. The Morgan fingerprint density at radius 2 is 1.33 bits per heavy atom. The van der Waals surface area contributed by atoms with E-state index in [1.165, 1.54) is 0 Å². The summed E-state index contributed by atoms with van der Waals surface area (Å²) >= 11 is 0. The Kier molecular flexibility index (Phi) is 4.04. The first-order valence-corrected chi connectivity index (χ1v) is 5.68. The lowest BCUT2D eigenvalue weighted by atomic mass is 10.3. The molecule has 18 heavy (non-hydrogen) atoms. The van der Waals surface area contributed by atoms with Crippen LogP contribution in [-0.2, 0) is 0 Å². The lowest BCUT2D eigenvalue weighted by molar-refractivity contribution is 0.328. The minimum Gasteiger partial charge on any atom is -0.508 e. The average Bonchev–Trinajstić information content (AvgIpc) is 2.41. The van der Waals surface area contributed by atoms with Crippen LogP contribution >= 0.6 is 0 Å². The second-order valence-electron chi connectivity index (χ2n) is 3.70. The lowest BCUT2D eigenvalue weighted by Gasteiger charge is -2.07. The maximum absolute atomic E-state index is 9.16. The number of rotatable bonds is 5. The van der Waals surface area contributed by atoms with Crippen LogP contribution in [0.4, 0.5) is 0 Å². The highest BCUT2D eigenvalue weighted by atomic mass is 16.5. The van der Waals surface area contributed by atoms with Crippen molar-refractivity contribution in [2.75, 3.05) is 13.2 Å². The number of benzene rings is 2. The van der Waals surface area contributed by atoms with Gasteiger partial charge in [-0.15, -0.1) is 0 Å². The van der Waals surface area contributed by atoms with Gasteiger partial charge in [0.15, 0.2) is 0 Å². The van der Waals surface area contributed by atoms with Crippen molar-refractivity contribution in [1.82, 2.24) is 0 Å². The molecular weight excluding hydrogens is 230 g/mol. The smallest absolute Gasteiger partial charge is 0.127 e. The first-order chi connectivity index (χ1) is 8.78. The van der Waals surface area contributed by atoms with Gasteiger partial charge < -0.3 is 20.3 Å². The molecule has 2 aromatic carbocycles. The van der Waals surface area contributed by atoms with Gasteiger partial charge in [0.1, 0.15) is 29.6 Å². The largest absolute Gasteiger partial charge is 0.508 e. The molecule has 3 N–H and O–H groups in total. The molecule has 0 aliphatic carbocycles. The van der Waals surface area contributed by atoms with Gasteiger partial charge in [0.05, 0.1) is 0 Å². The zero-order chi connectivity index (χ0) is 12.8. The molecule has 2 rings (SSSR count).